The van der Waals surface area contributed by atoms with Crippen molar-refractivity contribution in [1.29, 1.82) is 0 Å². The molecular weight excluding hydrogens is 258 g/mol. The maximum atomic E-state index is 4.41. The van der Waals surface area contributed by atoms with E-state index in [2.05, 4.69) is 81.3 Å². The molecule has 0 unspecified atom stereocenters. The van der Waals surface area contributed by atoms with Crippen LogP contribution in [0.3, 0.4) is 0 Å². The van der Waals surface area contributed by atoms with Crippen molar-refractivity contribution in [1.82, 2.24) is 10.2 Å². The molecule has 2 aromatic rings. The van der Waals surface area contributed by atoms with Crippen LogP contribution in [0.1, 0.15) is 44.4 Å². The van der Waals surface area contributed by atoms with Crippen LogP contribution in [0.4, 0.5) is 5.82 Å². The Labute approximate surface area is 127 Å². The fourth-order valence-corrected chi connectivity index (χ4v) is 2.34. The lowest BCUT2D eigenvalue weighted by Crippen LogP contribution is -2.10. The predicted molar refractivity (Wildman–Crippen MR) is 89.8 cm³/mol. The smallest absolute Gasteiger partial charge is 0.151 e. The van der Waals surface area contributed by atoms with E-state index in [4.69, 9.17) is 0 Å². The highest BCUT2D eigenvalue weighted by atomic mass is 15.2. The lowest BCUT2D eigenvalue weighted by molar-refractivity contribution is 0.590. The molecule has 0 saturated heterocycles. The normalized spacial score (nSPS) is 11.5. The van der Waals surface area contributed by atoms with Gasteiger partial charge in [-0.15, -0.1) is 10.2 Å². The maximum absolute atomic E-state index is 4.41. The van der Waals surface area contributed by atoms with Crippen LogP contribution in [0, 0.1) is 13.8 Å². The van der Waals surface area contributed by atoms with Crippen molar-refractivity contribution in [2.45, 2.75) is 47.0 Å². The first-order valence-electron chi connectivity index (χ1n) is 7.53. The summed E-state index contributed by atoms with van der Waals surface area (Å²) in [5, 5.41) is 12.0. The van der Waals surface area contributed by atoms with Gasteiger partial charge >= 0.3 is 0 Å². The van der Waals surface area contributed by atoms with Gasteiger partial charge in [-0.3, -0.25) is 0 Å². The molecule has 0 fully saturated rings. The van der Waals surface area contributed by atoms with Crippen LogP contribution in [0.5, 0.6) is 0 Å². The predicted octanol–water partition coefficient (Wildman–Crippen LogP) is 4.49. The Balaban J connectivity index is 2.41. The number of hydrogen-bond donors (Lipinski definition) is 1. The molecule has 3 nitrogen and oxygen atoms in total. The Kier molecular flexibility index (Phi) is 4.31. The molecule has 0 bridgehead atoms. The Bertz CT molecular complexity index is 622. The van der Waals surface area contributed by atoms with E-state index < -0.39 is 0 Å². The van der Waals surface area contributed by atoms with E-state index in [1.807, 2.05) is 0 Å². The first-order chi connectivity index (χ1) is 9.84. The van der Waals surface area contributed by atoms with Crippen molar-refractivity contribution >= 4 is 5.82 Å². The summed E-state index contributed by atoms with van der Waals surface area (Å²) in [6.45, 7) is 13.8. The number of nitrogens with zero attached hydrogens (tertiary/aromatic N) is 2. The van der Waals surface area contributed by atoms with Crippen molar-refractivity contribution in [3.63, 3.8) is 0 Å². The molecule has 1 N–H and O–H groups in total. The van der Waals surface area contributed by atoms with Gasteiger partial charge in [0, 0.05) is 12.1 Å². The molecule has 0 atom stereocenters. The summed E-state index contributed by atoms with van der Waals surface area (Å²) >= 11 is 0. The van der Waals surface area contributed by atoms with Crippen molar-refractivity contribution in [3.8, 4) is 11.3 Å². The SMILES string of the molecule is CCNc1nnc(-c2ccc(C(C)(C)C)cc2)c(C)c1C. The van der Waals surface area contributed by atoms with Gasteiger partial charge in [-0.2, -0.15) is 0 Å². The average Bonchev–Trinajstić information content (AvgIpc) is 2.44. The minimum Gasteiger partial charge on any atom is -0.369 e. The van der Waals surface area contributed by atoms with Gasteiger partial charge in [-0.25, -0.2) is 0 Å². The summed E-state index contributed by atoms with van der Waals surface area (Å²) in [5.74, 6) is 0.880. The number of nitrogens with one attached hydrogen (secondary N) is 1. The third kappa shape index (κ3) is 3.23. The maximum Gasteiger partial charge on any atom is 0.151 e. The molecule has 0 aliphatic carbocycles. The largest absolute Gasteiger partial charge is 0.369 e. The van der Waals surface area contributed by atoms with Crippen molar-refractivity contribution < 1.29 is 0 Å². The van der Waals surface area contributed by atoms with Gasteiger partial charge in [0.2, 0.25) is 0 Å². The fourth-order valence-electron chi connectivity index (χ4n) is 2.34. The third-order valence-corrected chi connectivity index (χ3v) is 3.89. The van der Waals surface area contributed by atoms with Gasteiger partial charge in [0.05, 0.1) is 5.69 Å². The molecule has 2 rings (SSSR count). The highest BCUT2D eigenvalue weighted by Crippen LogP contribution is 2.28. The van der Waals surface area contributed by atoms with Crippen molar-refractivity contribution in [3.05, 3.63) is 41.0 Å². The Morgan fingerprint density at radius 1 is 0.952 bits per heavy atom. The second-order valence-electron chi connectivity index (χ2n) is 6.50. The van der Waals surface area contributed by atoms with E-state index in [1.165, 1.54) is 16.7 Å². The van der Waals surface area contributed by atoms with E-state index in [0.717, 1.165) is 23.6 Å². The first kappa shape index (κ1) is 15.5. The molecule has 0 radical (unpaired) electrons. The fraction of sp³-hybridized carbons (Fsp3) is 0.444. The number of hydrogen-bond acceptors (Lipinski definition) is 3. The van der Waals surface area contributed by atoms with Crippen LogP contribution in [-0.4, -0.2) is 16.7 Å². The summed E-state index contributed by atoms with van der Waals surface area (Å²) in [6, 6.07) is 8.65. The van der Waals surface area contributed by atoms with Crippen LogP contribution in [-0.2, 0) is 5.41 Å². The number of rotatable bonds is 3. The van der Waals surface area contributed by atoms with Crippen molar-refractivity contribution in [2.24, 2.45) is 0 Å². The van der Waals surface area contributed by atoms with E-state index in [1.54, 1.807) is 0 Å². The van der Waals surface area contributed by atoms with Gasteiger partial charge in [0.1, 0.15) is 0 Å². The summed E-state index contributed by atoms with van der Waals surface area (Å²) in [6.07, 6.45) is 0. The minimum atomic E-state index is 0.171. The zero-order chi connectivity index (χ0) is 15.6. The zero-order valence-electron chi connectivity index (χ0n) is 13.9. The summed E-state index contributed by atoms with van der Waals surface area (Å²) in [4.78, 5) is 0. The number of benzene rings is 1. The molecule has 1 aromatic carbocycles. The molecule has 1 aromatic heterocycles. The van der Waals surface area contributed by atoms with Crippen LogP contribution in [0.15, 0.2) is 24.3 Å². The summed E-state index contributed by atoms with van der Waals surface area (Å²) < 4.78 is 0. The number of anilines is 1. The van der Waals surface area contributed by atoms with Crippen LogP contribution < -0.4 is 5.32 Å². The highest BCUT2D eigenvalue weighted by molar-refractivity contribution is 5.66. The van der Waals surface area contributed by atoms with Crippen molar-refractivity contribution in [2.75, 3.05) is 11.9 Å². The molecule has 1 heterocycles. The number of aromatic nitrogens is 2. The Morgan fingerprint density at radius 2 is 1.57 bits per heavy atom. The van der Waals surface area contributed by atoms with E-state index in [9.17, 15) is 0 Å². The molecule has 0 aliphatic heterocycles. The lowest BCUT2D eigenvalue weighted by atomic mass is 9.86. The molecular formula is C18H25N3. The average molecular weight is 283 g/mol. The van der Waals surface area contributed by atoms with Gasteiger partial charge in [-0.05, 0) is 42.9 Å². The lowest BCUT2D eigenvalue weighted by Gasteiger charge is -2.19. The van der Waals surface area contributed by atoms with Crippen LogP contribution in [0.25, 0.3) is 11.3 Å². The van der Waals surface area contributed by atoms with E-state index in [0.29, 0.717) is 0 Å². The molecule has 21 heavy (non-hydrogen) atoms. The van der Waals surface area contributed by atoms with Crippen LogP contribution in [0.2, 0.25) is 0 Å². The van der Waals surface area contributed by atoms with E-state index >= 15 is 0 Å². The second kappa shape index (κ2) is 5.84. The molecule has 112 valence electrons. The molecule has 0 amide bonds. The summed E-state index contributed by atoms with van der Waals surface area (Å²) in [7, 11) is 0. The van der Waals surface area contributed by atoms with Gasteiger partial charge in [-0.1, -0.05) is 45.0 Å². The third-order valence-electron chi connectivity index (χ3n) is 3.89. The minimum absolute atomic E-state index is 0.171. The zero-order valence-corrected chi connectivity index (χ0v) is 13.9. The Morgan fingerprint density at radius 3 is 2.10 bits per heavy atom. The van der Waals surface area contributed by atoms with Crippen LogP contribution >= 0.6 is 0 Å². The molecule has 3 heteroatoms. The second-order valence-corrected chi connectivity index (χ2v) is 6.50. The molecule has 0 saturated carbocycles. The van der Waals surface area contributed by atoms with E-state index in [-0.39, 0.29) is 5.41 Å². The van der Waals surface area contributed by atoms with Gasteiger partial charge in [0.15, 0.2) is 5.82 Å². The molecule has 0 aliphatic rings. The highest BCUT2D eigenvalue weighted by Gasteiger charge is 2.15. The molecule has 0 spiro atoms. The summed E-state index contributed by atoms with van der Waals surface area (Å²) in [5.41, 5.74) is 5.95. The Hall–Kier alpha value is -1.90. The van der Waals surface area contributed by atoms with Gasteiger partial charge in [0.25, 0.3) is 0 Å². The first-order valence-corrected chi connectivity index (χ1v) is 7.53. The quantitative estimate of drug-likeness (QED) is 0.902. The van der Waals surface area contributed by atoms with Gasteiger partial charge < -0.3 is 5.32 Å². The standard InChI is InChI=1S/C18H25N3/c1-7-19-17-13(3)12(2)16(20-21-17)14-8-10-15(11-9-14)18(4,5)6/h8-11H,7H2,1-6H3,(H,19,21). The monoisotopic (exact) mass is 283 g/mol. The topological polar surface area (TPSA) is 37.8 Å².